The number of carbonyl (C=O) groups is 2. The van der Waals surface area contributed by atoms with Gasteiger partial charge in [0.25, 0.3) is 0 Å². The number of sulfonamides is 1. The van der Waals surface area contributed by atoms with Crippen LogP contribution >= 0.6 is 0 Å². The van der Waals surface area contributed by atoms with Crippen molar-refractivity contribution < 1.29 is 23.1 Å². The molecule has 0 bridgehead atoms. The predicted molar refractivity (Wildman–Crippen MR) is 75.5 cm³/mol. The zero-order valence-corrected chi connectivity index (χ0v) is 12.6. The number of benzene rings is 1. The Balaban J connectivity index is 2.44. The van der Waals surface area contributed by atoms with Crippen LogP contribution in [0.15, 0.2) is 23.1 Å². The van der Waals surface area contributed by atoms with Gasteiger partial charge in [-0.05, 0) is 37.6 Å². The number of hydrogen-bond acceptors (Lipinski definition) is 4. The first-order valence-corrected chi connectivity index (χ1v) is 7.76. The Labute approximate surface area is 122 Å². The van der Waals surface area contributed by atoms with Crippen molar-refractivity contribution in [2.24, 2.45) is 0 Å². The minimum atomic E-state index is -3.93. The van der Waals surface area contributed by atoms with Crippen molar-refractivity contribution in [2.75, 3.05) is 12.4 Å². The number of amides is 1. The van der Waals surface area contributed by atoms with E-state index in [1.54, 1.807) is 6.92 Å². The third kappa shape index (κ3) is 2.52. The molecule has 0 aromatic heterocycles. The van der Waals surface area contributed by atoms with Crippen molar-refractivity contribution in [3.05, 3.63) is 23.8 Å². The molecular formula is C13H16N2O5S. The fourth-order valence-electron chi connectivity index (χ4n) is 2.09. The summed E-state index contributed by atoms with van der Waals surface area (Å²) in [7, 11) is -2.72. The SMILES string of the molecule is CC1C(=O)Nc2ccc(S(=O)(=O)N(C)C(C)C(=O)O)cc21. The van der Waals surface area contributed by atoms with Gasteiger partial charge in [-0.2, -0.15) is 4.31 Å². The molecular weight excluding hydrogens is 296 g/mol. The molecule has 1 amide bonds. The number of carbonyl (C=O) groups excluding carboxylic acids is 1. The van der Waals surface area contributed by atoms with E-state index in [0.29, 0.717) is 11.3 Å². The average molecular weight is 312 g/mol. The summed E-state index contributed by atoms with van der Waals surface area (Å²) < 4.78 is 25.6. The summed E-state index contributed by atoms with van der Waals surface area (Å²) in [6, 6.07) is 3.11. The van der Waals surface area contributed by atoms with Crippen molar-refractivity contribution >= 4 is 27.6 Å². The van der Waals surface area contributed by atoms with Gasteiger partial charge >= 0.3 is 5.97 Å². The van der Waals surface area contributed by atoms with Gasteiger partial charge < -0.3 is 10.4 Å². The number of nitrogens with one attached hydrogen (secondary N) is 1. The largest absolute Gasteiger partial charge is 0.480 e. The van der Waals surface area contributed by atoms with Crippen LogP contribution in [0.3, 0.4) is 0 Å². The molecule has 1 aliphatic heterocycles. The molecule has 7 nitrogen and oxygen atoms in total. The molecule has 0 fully saturated rings. The molecule has 1 aromatic rings. The molecule has 1 heterocycles. The van der Waals surface area contributed by atoms with E-state index < -0.39 is 28.0 Å². The molecule has 1 aromatic carbocycles. The summed E-state index contributed by atoms with van der Waals surface area (Å²) >= 11 is 0. The Kier molecular flexibility index (Phi) is 3.77. The van der Waals surface area contributed by atoms with Gasteiger partial charge in [0.1, 0.15) is 6.04 Å². The molecule has 114 valence electrons. The van der Waals surface area contributed by atoms with E-state index in [1.165, 1.54) is 32.2 Å². The van der Waals surface area contributed by atoms with Crippen LogP contribution in [0.2, 0.25) is 0 Å². The van der Waals surface area contributed by atoms with E-state index in [2.05, 4.69) is 5.32 Å². The summed E-state index contributed by atoms with van der Waals surface area (Å²) in [5.74, 6) is -1.85. The molecule has 0 aliphatic carbocycles. The normalized spacial score (nSPS) is 19.2. The zero-order valence-electron chi connectivity index (χ0n) is 11.8. The van der Waals surface area contributed by atoms with E-state index in [0.717, 1.165) is 4.31 Å². The van der Waals surface area contributed by atoms with Crippen molar-refractivity contribution in [2.45, 2.75) is 30.7 Å². The van der Waals surface area contributed by atoms with Crippen LogP contribution in [0.4, 0.5) is 5.69 Å². The Bertz CT molecular complexity index is 713. The molecule has 2 atom stereocenters. The van der Waals surface area contributed by atoms with Crippen molar-refractivity contribution in [3.8, 4) is 0 Å². The maximum absolute atomic E-state index is 12.4. The first kappa shape index (κ1) is 15.5. The second kappa shape index (κ2) is 5.12. The third-order valence-electron chi connectivity index (χ3n) is 3.72. The highest BCUT2D eigenvalue weighted by Crippen LogP contribution is 2.34. The molecule has 2 rings (SSSR count). The lowest BCUT2D eigenvalue weighted by Crippen LogP contribution is -2.40. The Morgan fingerprint density at radius 1 is 1.43 bits per heavy atom. The van der Waals surface area contributed by atoms with Crippen molar-refractivity contribution in [3.63, 3.8) is 0 Å². The predicted octanol–water partition coefficient (Wildman–Crippen LogP) is 0.836. The highest BCUT2D eigenvalue weighted by molar-refractivity contribution is 7.89. The summed E-state index contributed by atoms with van der Waals surface area (Å²) in [5, 5.41) is 11.6. The number of carboxylic acids is 1. The molecule has 0 radical (unpaired) electrons. The Morgan fingerprint density at radius 3 is 2.62 bits per heavy atom. The van der Waals surface area contributed by atoms with Gasteiger partial charge in [0.05, 0.1) is 10.8 Å². The number of likely N-dealkylation sites (N-methyl/N-ethyl adjacent to an activating group) is 1. The second-order valence-electron chi connectivity index (χ2n) is 5.00. The summed E-state index contributed by atoms with van der Waals surface area (Å²) in [5.41, 5.74) is 1.18. The highest BCUT2D eigenvalue weighted by atomic mass is 32.2. The standard InChI is InChI=1S/C13H16N2O5S/c1-7-10-6-9(4-5-11(10)14-12(7)16)21(19,20)15(3)8(2)13(17)18/h4-8H,1-3H3,(H,14,16)(H,17,18). The van der Waals surface area contributed by atoms with Crippen LogP contribution in [0.1, 0.15) is 25.3 Å². The maximum Gasteiger partial charge on any atom is 0.321 e. The summed E-state index contributed by atoms with van der Waals surface area (Å²) in [6.07, 6.45) is 0. The van der Waals surface area contributed by atoms with Crippen LogP contribution in [0.5, 0.6) is 0 Å². The number of carboxylic acid groups (broad SMARTS) is 1. The number of anilines is 1. The lowest BCUT2D eigenvalue weighted by atomic mass is 10.0. The van der Waals surface area contributed by atoms with Gasteiger partial charge in [0.2, 0.25) is 15.9 Å². The lowest BCUT2D eigenvalue weighted by molar-refractivity contribution is -0.140. The van der Waals surface area contributed by atoms with Crippen molar-refractivity contribution in [1.29, 1.82) is 0 Å². The molecule has 21 heavy (non-hydrogen) atoms. The molecule has 8 heteroatoms. The molecule has 0 spiro atoms. The number of hydrogen-bond donors (Lipinski definition) is 2. The smallest absolute Gasteiger partial charge is 0.321 e. The first-order valence-electron chi connectivity index (χ1n) is 6.32. The molecule has 2 N–H and O–H groups in total. The highest BCUT2D eigenvalue weighted by Gasteiger charge is 2.32. The van der Waals surface area contributed by atoms with E-state index in [9.17, 15) is 18.0 Å². The van der Waals surface area contributed by atoms with E-state index in [1.807, 2.05) is 0 Å². The van der Waals surface area contributed by atoms with Gasteiger partial charge in [-0.1, -0.05) is 0 Å². The number of rotatable bonds is 4. The fourth-order valence-corrected chi connectivity index (χ4v) is 3.44. The van der Waals surface area contributed by atoms with Gasteiger partial charge in [-0.3, -0.25) is 9.59 Å². The van der Waals surface area contributed by atoms with Gasteiger partial charge in [-0.15, -0.1) is 0 Å². The minimum Gasteiger partial charge on any atom is -0.480 e. The van der Waals surface area contributed by atoms with Gasteiger partial charge in [0.15, 0.2) is 0 Å². The number of fused-ring (bicyclic) bond motifs is 1. The summed E-state index contributed by atoms with van der Waals surface area (Å²) in [4.78, 5) is 22.5. The van der Waals surface area contributed by atoms with Crippen LogP contribution in [0.25, 0.3) is 0 Å². The zero-order chi connectivity index (χ0) is 15.9. The lowest BCUT2D eigenvalue weighted by Gasteiger charge is -2.21. The fraction of sp³-hybridized carbons (Fsp3) is 0.385. The van der Waals surface area contributed by atoms with E-state index >= 15 is 0 Å². The quantitative estimate of drug-likeness (QED) is 0.857. The average Bonchev–Trinajstić information content (AvgIpc) is 2.72. The van der Waals surface area contributed by atoms with E-state index in [4.69, 9.17) is 5.11 Å². The monoisotopic (exact) mass is 312 g/mol. The van der Waals surface area contributed by atoms with Crippen LogP contribution in [-0.4, -0.2) is 42.8 Å². The number of nitrogens with zero attached hydrogens (tertiary/aromatic N) is 1. The second-order valence-corrected chi connectivity index (χ2v) is 6.99. The first-order chi connectivity index (χ1) is 9.66. The van der Waals surface area contributed by atoms with Crippen LogP contribution < -0.4 is 5.32 Å². The van der Waals surface area contributed by atoms with Crippen LogP contribution in [0, 0.1) is 0 Å². The summed E-state index contributed by atoms with van der Waals surface area (Å²) in [6.45, 7) is 2.97. The minimum absolute atomic E-state index is 0.0276. The third-order valence-corrected chi connectivity index (χ3v) is 5.64. The topological polar surface area (TPSA) is 104 Å². The van der Waals surface area contributed by atoms with Crippen molar-refractivity contribution in [1.82, 2.24) is 4.31 Å². The Hall–Kier alpha value is -1.93. The Morgan fingerprint density at radius 2 is 2.05 bits per heavy atom. The molecule has 1 aliphatic rings. The maximum atomic E-state index is 12.4. The van der Waals surface area contributed by atoms with Gasteiger partial charge in [-0.25, -0.2) is 8.42 Å². The molecule has 0 saturated carbocycles. The molecule has 0 saturated heterocycles. The number of aliphatic carboxylic acids is 1. The van der Waals surface area contributed by atoms with E-state index in [-0.39, 0.29) is 10.8 Å². The molecule has 2 unspecified atom stereocenters. The van der Waals surface area contributed by atoms with Gasteiger partial charge in [0, 0.05) is 12.7 Å². The van der Waals surface area contributed by atoms with Crippen LogP contribution in [-0.2, 0) is 19.6 Å².